The van der Waals surface area contributed by atoms with E-state index in [0.29, 0.717) is 28.5 Å². The molecule has 0 amide bonds. The largest absolute Gasteiger partial charge is 0.467 e. The van der Waals surface area contributed by atoms with Crippen LogP contribution in [0.5, 0.6) is 5.75 Å². The van der Waals surface area contributed by atoms with Gasteiger partial charge in [0, 0.05) is 35.5 Å². The zero-order valence-corrected chi connectivity index (χ0v) is 14.6. The molecule has 1 aromatic carbocycles. The summed E-state index contributed by atoms with van der Waals surface area (Å²) < 4.78 is 54.2. The number of alkyl halides is 3. The Labute approximate surface area is 160 Å². The van der Waals surface area contributed by atoms with E-state index in [2.05, 4.69) is 0 Å². The van der Waals surface area contributed by atoms with E-state index in [-0.39, 0.29) is 30.4 Å². The molecule has 1 aromatic heterocycles. The first-order valence-electron chi connectivity index (χ1n) is 8.09. The van der Waals surface area contributed by atoms with Gasteiger partial charge in [-0.25, -0.2) is 0 Å². The Bertz CT molecular complexity index is 1020. The number of nitro groups is 1. The first-order chi connectivity index (χ1) is 13.6. The molecule has 0 atom stereocenters. The van der Waals surface area contributed by atoms with Crippen molar-refractivity contribution in [3.8, 4) is 5.75 Å². The number of nitro benzene ring substituents is 1. The van der Waals surface area contributed by atoms with Crippen molar-refractivity contribution in [2.45, 2.75) is 25.9 Å². The topological polar surface area (TPSA) is 110 Å². The van der Waals surface area contributed by atoms with E-state index >= 15 is 0 Å². The molecule has 3 rings (SSSR count). The van der Waals surface area contributed by atoms with Crippen molar-refractivity contribution in [3.63, 3.8) is 0 Å². The van der Waals surface area contributed by atoms with Crippen molar-refractivity contribution in [2.24, 2.45) is 0 Å². The van der Waals surface area contributed by atoms with Crippen molar-refractivity contribution in [3.05, 3.63) is 67.6 Å². The number of carbonyl (C=O) groups excluding carboxylic acids is 1. The highest BCUT2D eigenvalue weighted by Crippen LogP contribution is 2.33. The third-order valence-corrected chi connectivity index (χ3v) is 3.98. The minimum Gasteiger partial charge on any atom is -0.467 e. The van der Waals surface area contributed by atoms with Gasteiger partial charge in [0.1, 0.15) is 18.9 Å². The van der Waals surface area contributed by atoms with Gasteiger partial charge in [0.05, 0.1) is 17.1 Å². The van der Waals surface area contributed by atoms with E-state index in [1.165, 1.54) is 6.07 Å². The first kappa shape index (κ1) is 20.3. The Morgan fingerprint density at radius 3 is 2.76 bits per heavy atom. The number of fused-ring (bicyclic) bond motifs is 1. The van der Waals surface area contributed by atoms with E-state index in [0.717, 1.165) is 6.07 Å². The predicted molar refractivity (Wildman–Crippen MR) is 88.9 cm³/mol. The molecule has 0 radical (unpaired) electrons. The number of halogens is 3. The summed E-state index contributed by atoms with van der Waals surface area (Å²) in [5.41, 5.74) is -1.58. The number of hydrogen-bond acceptors (Lipinski definition) is 7. The van der Waals surface area contributed by atoms with E-state index in [9.17, 15) is 32.9 Å². The lowest BCUT2D eigenvalue weighted by atomic mass is 10.1. The fourth-order valence-corrected chi connectivity index (χ4v) is 2.66. The highest BCUT2D eigenvalue weighted by molar-refractivity contribution is 5.69. The molecule has 0 fully saturated rings. The minimum absolute atomic E-state index is 0.0671. The van der Waals surface area contributed by atoms with Crippen LogP contribution >= 0.6 is 0 Å². The van der Waals surface area contributed by atoms with E-state index in [1.807, 2.05) is 0 Å². The summed E-state index contributed by atoms with van der Waals surface area (Å²) in [5, 5.41) is 11.1. The maximum absolute atomic E-state index is 12.8. The second-order valence-corrected chi connectivity index (χ2v) is 6.00. The van der Waals surface area contributed by atoms with Crippen molar-refractivity contribution in [2.75, 3.05) is 6.79 Å². The van der Waals surface area contributed by atoms with E-state index in [1.54, 1.807) is 0 Å². The van der Waals surface area contributed by atoms with Gasteiger partial charge in [0.2, 0.25) is 0 Å². The van der Waals surface area contributed by atoms with Gasteiger partial charge >= 0.3 is 12.1 Å². The Morgan fingerprint density at radius 2 is 2.07 bits per heavy atom. The van der Waals surface area contributed by atoms with Crippen LogP contribution in [0.2, 0.25) is 0 Å². The quantitative estimate of drug-likeness (QED) is 0.420. The second kappa shape index (κ2) is 7.91. The second-order valence-electron chi connectivity index (χ2n) is 6.00. The lowest BCUT2D eigenvalue weighted by molar-refractivity contribution is -0.385. The highest BCUT2D eigenvalue weighted by Gasteiger charge is 2.31. The SMILES string of the molecule is O=C(Cn1cc(C(F)(F)F)ccc1=O)OCc1cc([N+](=O)[O-])cc2c1OCOC2. The number of hydrogen-bond donors (Lipinski definition) is 0. The summed E-state index contributed by atoms with van der Waals surface area (Å²) in [6.45, 7) is -1.22. The van der Waals surface area contributed by atoms with Crippen LogP contribution < -0.4 is 10.3 Å². The third-order valence-electron chi connectivity index (χ3n) is 3.98. The Morgan fingerprint density at radius 1 is 1.31 bits per heavy atom. The molecule has 0 saturated carbocycles. The van der Waals surface area contributed by atoms with Crippen LogP contribution in [0.3, 0.4) is 0 Å². The summed E-state index contributed by atoms with van der Waals surface area (Å²) in [5.74, 6) is -0.732. The maximum Gasteiger partial charge on any atom is 0.417 e. The van der Waals surface area contributed by atoms with Crippen LogP contribution in [-0.4, -0.2) is 22.3 Å². The molecule has 0 saturated heterocycles. The van der Waals surface area contributed by atoms with Crippen LogP contribution in [0.15, 0.2) is 35.3 Å². The van der Waals surface area contributed by atoms with Gasteiger partial charge in [-0.1, -0.05) is 0 Å². The molecule has 0 N–H and O–H groups in total. The molecule has 0 spiro atoms. The molecule has 9 nitrogen and oxygen atoms in total. The summed E-state index contributed by atoms with van der Waals surface area (Å²) in [6, 6.07) is 3.73. The van der Waals surface area contributed by atoms with Gasteiger partial charge in [0.25, 0.3) is 11.2 Å². The summed E-state index contributed by atoms with van der Waals surface area (Å²) in [7, 11) is 0. The normalized spacial score (nSPS) is 13.3. The number of pyridine rings is 1. The lowest BCUT2D eigenvalue weighted by Crippen LogP contribution is -2.26. The monoisotopic (exact) mass is 414 g/mol. The van der Waals surface area contributed by atoms with E-state index < -0.39 is 41.3 Å². The lowest BCUT2D eigenvalue weighted by Gasteiger charge is -2.20. The van der Waals surface area contributed by atoms with Crippen LogP contribution in [0, 0.1) is 10.1 Å². The Balaban J connectivity index is 1.76. The molecule has 1 aliphatic heterocycles. The molecule has 1 aliphatic rings. The van der Waals surface area contributed by atoms with Crippen molar-refractivity contribution in [1.29, 1.82) is 0 Å². The Hall–Kier alpha value is -3.41. The minimum atomic E-state index is -4.68. The smallest absolute Gasteiger partial charge is 0.417 e. The maximum atomic E-state index is 12.8. The highest BCUT2D eigenvalue weighted by atomic mass is 19.4. The molecule has 12 heteroatoms. The van der Waals surface area contributed by atoms with Gasteiger partial charge in [-0.3, -0.25) is 19.7 Å². The van der Waals surface area contributed by atoms with E-state index in [4.69, 9.17) is 14.2 Å². The number of benzene rings is 1. The molecule has 2 aromatic rings. The zero-order valence-electron chi connectivity index (χ0n) is 14.6. The predicted octanol–water partition coefficient (Wildman–Crippen LogP) is 2.39. The zero-order chi connectivity index (χ0) is 21.2. The van der Waals surface area contributed by atoms with Crippen LogP contribution in [0.25, 0.3) is 0 Å². The number of rotatable bonds is 5. The summed E-state index contributed by atoms with van der Waals surface area (Å²) in [4.78, 5) is 34.1. The van der Waals surface area contributed by atoms with Gasteiger partial charge in [-0.05, 0) is 6.07 Å². The standard InChI is InChI=1S/C17H13F3N2O7/c18-17(19,20)12-1-2-14(23)21(5-12)6-15(24)28-8-11-4-13(22(25)26)3-10-7-27-9-29-16(10)11/h1-5H,6-9H2. The molecule has 2 heterocycles. The fourth-order valence-electron chi connectivity index (χ4n) is 2.66. The van der Waals surface area contributed by atoms with Crippen LogP contribution in [-0.2, 0) is 40.2 Å². The third kappa shape index (κ3) is 4.71. The van der Waals surface area contributed by atoms with Crippen LogP contribution in [0.4, 0.5) is 18.9 Å². The molecule has 0 bridgehead atoms. The summed E-state index contributed by atoms with van der Waals surface area (Å²) in [6.07, 6.45) is -4.17. The molecule has 29 heavy (non-hydrogen) atoms. The number of carbonyl (C=O) groups is 1. The average Bonchev–Trinajstić information content (AvgIpc) is 2.66. The van der Waals surface area contributed by atoms with Gasteiger partial charge < -0.3 is 18.8 Å². The number of aromatic nitrogens is 1. The fraction of sp³-hybridized carbons (Fsp3) is 0.294. The molecular weight excluding hydrogens is 401 g/mol. The van der Waals surface area contributed by atoms with Gasteiger partial charge in [-0.15, -0.1) is 0 Å². The van der Waals surface area contributed by atoms with Crippen molar-refractivity contribution >= 4 is 11.7 Å². The number of esters is 1. The van der Waals surface area contributed by atoms with Crippen LogP contribution in [0.1, 0.15) is 16.7 Å². The average molecular weight is 414 g/mol. The molecule has 154 valence electrons. The summed E-state index contributed by atoms with van der Waals surface area (Å²) >= 11 is 0. The Kier molecular flexibility index (Phi) is 5.55. The van der Waals surface area contributed by atoms with Crippen molar-refractivity contribution in [1.82, 2.24) is 4.57 Å². The molecule has 0 unspecified atom stereocenters. The van der Waals surface area contributed by atoms with Gasteiger partial charge in [0.15, 0.2) is 6.79 Å². The molecular formula is C17H13F3N2O7. The van der Waals surface area contributed by atoms with Gasteiger partial charge in [-0.2, -0.15) is 13.2 Å². The number of nitrogens with zero attached hydrogens (tertiary/aromatic N) is 2. The van der Waals surface area contributed by atoms with Crippen molar-refractivity contribution < 1.29 is 37.1 Å². The first-order valence-corrected chi connectivity index (χ1v) is 8.09. The molecule has 0 aliphatic carbocycles. The number of ether oxygens (including phenoxy) is 3. The number of non-ortho nitro benzene ring substituents is 1.